The highest BCUT2D eigenvalue weighted by atomic mass is 16.2. The lowest BCUT2D eigenvalue weighted by Crippen LogP contribution is -2.36. The first-order valence-corrected chi connectivity index (χ1v) is 8.77. The number of para-hydroxylation sites is 2. The number of nitrogens with zero attached hydrogens (tertiary/aromatic N) is 3. The Hall–Kier alpha value is -3.34. The van der Waals surface area contributed by atoms with Crippen molar-refractivity contribution in [3.63, 3.8) is 0 Å². The van der Waals surface area contributed by atoms with Crippen LogP contribution in [0, 0.1) is 0 Å². The van der Waals surface area contributed by atoms with Crippen LogP contribution >= 0.6 is 0 Å². The molecule has 3 heterocycles. The number of hydrogen-bond acceptors (Lipinski definition) is 2. The molecule has 128 valence electrons. The van der Waals surface area contributed by atoms with Crippen molar-refractivity contribution in [2.75, 3.05) is 6.54 Å². The van der Waals surface area contributed by atoms with E-state index in [1.54, 1.807) is 0 Å². The molecule has 4 aromatic rings. The minimum absolute atomic E-state index is 0.0288. The summed E-state index contributed by atoms with van der Waals surface area (Å²) in [7, 11) is 0. The number of carbonyl (C=O) groups excluding carboxylic acids is 1. The molecule has 0 unspecified atom stereocenters. The van der Waals surface area contributed by atoms with E-state index in [0.29, 0.717) is 18.8 Å². The lowest BCUT2D eigenvalue weighted by molar-refractivity contribution is 0.0726. The quantitative estimate of drug-likeness (QED) is 0.606. The van der Waals surface area contributed by atoms with E-state index in [2.05, 4.69) is 26.7 Å². The molecule has 0 radical (unpaired) electrons. The summed E-state index contributed by atoms with van der Waals surface area (Å²) in [6, 6.07) is 20.1. The number of aromatic amines is 1. The molecule has 1 aliphatic heterocycles. The fraction of sp³-hybridized carbons (Fsp3) is 0.143. The third-order valence-electron chi connectivity index (χ3n) is 4.99. The summed E-state index contributed by atoms with van der Waals surface area (Å²) in [6.45, 7) is 1.24. The van der Waals surface area contributed by atoms with Crippen LogP contribution in [0.4, 0.5) is 0 Å². The lowest BCUT2D eigenvalue weighted by atomic mass is 10.1. The lowest BCUT2D eigenvalue weighted by Gasteiger charge is -2.26. The summed E-state index contributed by atoms with van der Waals surface area (Å²) in [6.07, 6.45) is 2.66. The molecule has 1 N–H and O–H groups in total. The van der Waals surface area contributed by atoms with Gasteiger partial charge in [0.1, 0.15) is 5.69 Å². The van der Waals surface area contributed by atoms with E-state index in [9.17, 15) is 4.79 Å². The number of rotatable bonds is 2. The number of H-pyrrole nitrogens is 1. The monoisotopic (exact) mass is 342 g/mol. The molecule has 5 rings (SSSR count). The highest BCUT2D eigenvalue weighted by Gasteiger charge is 2.26. The second-order valence-corrected chi connectivity index (χ2v) is 6.59. The maximum atomic E-state index is 12.9. The first-order chi connectivity index (χ1) is 12.8. The molecule has 0 fully saturated rings. The number of nitrogens with one attached hydrogen (secondary N) is 1. The maximum Gasteiger partial charge on any atom is 0.270 e. The predicted octanol–water partition coefficient (Wildman–Crippen LogP) is 3.55. The first-order valence-electron chi connectivity index (χ1n) is 8.77. The number of amides is 1. The number of aromatic nitrogens is 3. The van der Waals surface area contributed by atoms with E-state index in [1.165, 1.54) is 5.69 Å². The van der Waals surface area contributed by atoms with Crippen LogP contribution in [0.2, 0.25) is 0 Å². The van der Waals surface area contributed by atoms with Crippen LogP contribution in [0.15, 0.2) is 67.0 Å². The summed E-state index contributed by atoms with van der Waals surface area (Å²) < 4.78 is 2.13. The van der Waals surface area contributed by atoms with Gasteiger partial charge >= 0.3 is 0 Å². The molecule has 2 aromatic carbocycles. The van der Waals surface area contributed by atoms with E-state index in [4.69, 9.17) is 0 Å². The number of carbonyl (C=O) groups is 1. The zero-order chi connectivity index (χ0) is 17.5. The molecule has 0 aliphatic carbocycles. The van der Waals surface area contributed by atoms with Gasteiger partial charge in [0, 0.05) is 35.2 Å². The molecule has 0 atom stereocenters. The van der Waals surface area contributed by atoms with Gasteiger partial charge in [-0.1, -0.05) is 36.4 Å². The summed E-state index contributed by atoms with van der Waals surface area (Å²) >= 11 is 0. The van der Waals surface area contributed by atoms with Gasteiger partial charge in [0.15, 0.2) is 0 Å². The molecule has 0 saturated heterocycles. The second-order valence-electron chi connectivity index (χ2n) is 6.59. The van der Waals surface area contributed by atoms with Gasteiger partial charge in [-0.15, -0.1) is 0 Å². The van der Waals surface area contributed by atoms with E-state index in [0.717, 1.165) is 28.7 Å². The van der Waals surface area contributed by atoms with Gasteiger partial charge in [-0.25, -0.2) is 4.98 Å². The minimum Gasteiger partial charge on any atom is -0.351 e. The zero-order valence-electron chi connectivity index (χ0n) is 14.2. The molecule has 1 amide bonds. The third-order valence-corrected chi connectivity index (χ3v) is 4.99. The van der Waals surface area contributed by atoms with Crippen molar-refractivity contribution in [2.24, 2.45) is 0 Å². The maximum absolute atomic E-state index is 12.9. The Balaban J connectivity index is 1.42. The molecule has 26 heavy (non-hydrogen) atoms. The van der Waals surface area contributed by atoms with Crippen LogP contribution in [0.3, 0.4) is 0 Å². The summed E-state index contributed by atoms with van der Waals surface area (Å²) in [5, 5.41) is 1.06. The molecular formula is C21H18N4O. The van der Waals surface area contributed by atoms with Crippen molar-refractivity contribution in [3.8, 4) is 5.69 Å². The van der Waals surface area contributed by atoms with Gasteiger partial charge in [-0.2, -0.15) is 0 Å². The number of fused-ring (bicyclic) bond motifs is 2. The molecule has 0 saturated carbocycles. The van der Waals surface area contributed by atoms with Crippen LogP contribution in [-0.4, -0.2) is 31.9 Å². The van der Waals surface area contributed by atoms with Gasteiger partial charge in [0.05, 0.1) is 18.6 Å². The Morgan fingerprint density at radius 1 is 1.04 bits per heavy atom. The van der Waals surface area contributed by atoms with Crippen LogP contribution in [0.5, 0.6) is 0 Å². The Labute approximate surface area is 150 Å². The van der Waals surface area contributed by atoms with Crippen LogP contribution in [0.1, 0.15) is 21.9 Å². The normalized spacial score (nSPS) is 13.8. The van der Waals surface area contributed by atoms with Crippen molar-refractivity contribution in [2.45, 2.75) is 13.0 Å². The largest absolute Gasteiger partial charge is 0.351 e. The summed E-state index contributed by atoms with van der Waals surface area (Å²) in [5.74, 6) is 0.0288. The van der Waals surface area contributed by atoms with Crippen molar-refractivity contribution in [1.29, 1.82) is 0 Å². The van der Waals surface area contributed by atoms with Crippen molar-refractivity contribution >= 4 is 16.8 Å². The van der Waals surface area contributed by atoms with E-state index in [1.807, 2.05) is 59.8 Å². The molecule has 5 heteroatoms. The second kappa shape index (κ2) is 5.88. The Kier molecular flexibility index (Phi) is 3.38. The molecule has 0 spiro atoms. The fourth-order valence-corrected chi connectivity index (χ4v) is 3.65. The molecule has 5 nitrogen and oxygen atoms in total. The zero-order valence-corrected chi connectivity index (χ0v) is 14.2. The smallest absolute Gasteiger partial charge is 0.270 e. The summed E-state index contributed by atoms with van der Waals surface area (Å²) in [5.41, 5.74) is 4.90. The van der Waals surface area contributed by atoms with Crippen molar-refractivity contribution in [1.82, 2.24) is 19.4 Å². The van der Waals surface area contributed by atoms with E-state index >= 15 is 0 Å². The third kappa shape index (κ3) is 2.40. The van der Waals surface area contributed by atoms with Gasteiger partial charge in [-0.05, 0) is 24.3 Å². The fourth-order valence-electron chi connectivity index (χ4n) is 3.65. The number of imidazole rings is 1. The van der Waals surface area contributed by atoms with Gasteiger partial charge < -0.3 is 14.5 Å². The van der Waals surface area contributed by atoms with Gasteiger partial charge in [0.25, 0.3) is 5.91 Å². The Bertz CT molecular complexity index is 1060. The van der Waals surface area contributed by atoms with Crippen molar-refractivity contribution in [3.05, 3.63) is 84.1 Å². The van der Waals surface area contributed by atoms with Crippen LogP contribution < -0.4 is 0 Å². The SMILES string of the molecule is O=C(c1cc2ccccc2[nH]1)N1CCc2c(ncn2-c2ccccc2)C1. The topological polar surface area (TPSA) is 53.9 Å². The number of hydrogen-bond donors (Lipinski definition) is 1. The van der Waals surface area contributed by atoms with Gasteiger partial charge in [0.2, 0.25) is 0 Å². The van der Waals surface area contributed by atoms with E-state index in [-0.39, 0.29) is 5.91 Å². The average molecular weight is 342 g/mol. The standard InChI is InChI=1S/C21H18N4O/c26-21(18-12-15-6-4-5-9-17(15)23-18)24-11-10-20-19(13-24)22-14-25(20)16-7-2-1-3-8-16/h1-9,12,14,23H,10-11,13H2. The van der Waals surface area contributed by atoms with Crippen LogP contribution in [-0.2, 0) is 13.0 Å². The van der Waals surface area contributed by atoms with Gasteiger partial charge in [-0.3, -0.25) is 4.79 Å². The Morgan fingerprint density at radius 2 is 1.85 bits per heavy atom. The van der Waals surface area contributed by atoms with Crippen molar-refractivity contribution < 1.29 is 4.79 Å². The predicted molar refractivity (Wildman–Crippen MR) is 100 cm³/mol. The first kappa shape index (κ1) is 15.0. The molecule has 1 aliphatic rings. The average Bonchev–Trinajstić information content (AvgIpc) is 3.31. The molecular weight excluding hydrogens is 324 g/mol. The highest BCUT2D eigenvalue weighted by molar-refractivity contribution is 5.98. The summed E-state index contributed by atoms with van der Waals surface area (Å²) in [4.78, 5) is 22.6. The Morgan fingerprint density at radius 3 is 2.69 bits per heavy atom. The van der Waals surface area contributed by atoms with E-state index < -0.39 is 0 Å². The van der Waals surface area contributed by atoms with Crippen LogP contribution in [0.25, 0.3) is 16.6 Å². The molecule has 0 bridgehead atoms. The highest BCUT2D eigenvalue weighted by Crippen LogP contribution is 2.23. The minimum atomic E-state index is 0.0288. The molecule has 2 aromatic heterocycles. The number of benzene rings is 2.